The maximum absolute atomic E-state index is 6.24. The maximum atomic E-state index is 6.24. The van der Waals surface area contributed by atoms with Gasteiger partial charge in [-0.3, -0.25) is 0 Å². The first-order valence-electron chi connectivity index (χ1n) is 8.75. The fourth-order valence-electron chi connectivity index (χ4n) is 4.70. The summed E-state index contributed by atoms with van der Waals surface area (Å²) in [7, 11) is 0. The van der Waals surface area contributed by atoms with E-state index in [1.54, 1.807) is 0 Å². The minimum absolute atomic E-state index is 0.136. The average Bonchev–Trinajstić information content (AvgIpc) is 2.74. The Balaban J connectivity index is 1.73. The molecule has 3 aliphatic rings. The molecule has 3 saturated heterocycles. The first kappa shape index (κ1) is 14.8. The van der Waals surface area contributed by atoms with Crippen LogP contribution in [0.3, 0.4) is 0 Å². The molecule has 0 radical (unpaired) electrons. The lowest BCUT2D eigenvalue weighted by atomic mass is 9.69. The summed E-state index contributed by atoms with van der Waals surface area (Å²) >= 11 is 0. The fourth-order valence-corrected chi connectivity index (χ4v) is 4.70. The third-order valence-corrected chi connectivity index (χ3v) is 6.09. The summed E-state index contributed by atoms with van der Waals surface area (Å²) in [6, 6.07) is 0. The number of hydrogen-bond donors (Lipinski definition) is 1. The van der Waals surface area contributed by atoms with Gasteiger partial charge in [0.1, 0.15) is 0 Å². The molecule has 1 spiro atoms. The van der Waals surface area contributed by atoms with Crippen LogP contribution in [0.15, 0.2) is 0 Å². The van der Waals surface area contributed by atoms with Gasteiger partial charge in [-0.25, -0.2) is 0 Å². The Morgan fingerprint density at radius 2 is 1.90 bits per heavy atom. The van der Waals surface area contributed by atoms with Gasteiger partial charge >= 0.3 is 0 Å². The molecule has 1 N–H and O–H groups in total. The van der Waals surface area contributed by atoms with Crippen LogP contribution in [0.1, 0.15) is 64.7 Å². The highest BCUT2D eigenvalue weighted by Crippen LogP contribution is 2.44. The molecule has 0 aliphatic carbocycles. The molecule has 0 aromatic heterocycles. The molecule has 0 aromatic carbocycles. The maximum Gasteiger partial charge on any atom is 0.0729 e. The molecule has 3 fully saturated rings. The smallest absolute Gasteiger partial charge is 0.0729 e. The van der Waals surface area contributed by atoms with Gasteiger partial charge in [0.15, 0.2) is 0 Å². The predicted molar refractivity (Wildman–Crippen MR) is 81.0 cm³/mol. The third kappa shape index (κ3) is 2.90. The van der Waals surface area contributed by atoms with Gasteiger partial charge in [0.25, 0.3) is 0 Å². The van der Waals surface area contributed by atoms with Crippen LogP contribution in [-0.4, -0.2) is 37.5 Å². The Hall–Kier alpha value is -0.120. The quantitative estimate of drug-likeness (QED) is 0.842. The van der Waals surface area contributed by atoms with E-state index in [2.05, 4.69) is 12.2 Å². The summed E-state index contributed by atoms with van der Waals surface area (Å²) in [4.78, 5) is 0. The lowest BCUT2D eigenvalue weighted by Crippen LogP contribution is -2.56. The second-order valence-corrected chi connectivity index (χ2v) is 7.08. The Kier molecular flexibility index (Phi) is 4.68. The van der Waals surface area contributed by atoms with Crippen LogP contribution in [0.4, 0.5) is 0 Å². The Bertz CT molecular complexity index is 299. The summed E-state index contributed by atoms with van der Waals surface area (Å²) in [5, 5.41) is 3.95. The van der Waals surface area contributed by atoms with Crippen molar-refractivity contribution >= 4 is 0 Å². The number of nitrogens with one attached hydrogen (secondary N) is 1. The second-order valence-electron chi connectivity index (χ2n) is 7.08. The Labute approximate surface area is 123 Å². The van der Waals surface area contributed by atoms with Crippen molar-refractivity contribution in [2.24, 2.45) is 5.92 Å². The van der Waals surface area contributed by atoms with Crippen LogP contribution >= 0.6 is 0 Å². The van der Waals surface area contributed by atoms with Gasteiger partial charge in [-0.1, -0.05) is 19.8 Å². The zero-order chi connectivity index (χ0) is 13.9. The van der Waals surface area contributed by atoms with Crippen molar-refractivity contribution in [3.05, 3.63) is 0 Å². The van der Waals surface area contributed by atoms with Crippen molar-refractivity contribution in [1.29, 1.82) is 0 Å². The van der Waals surface area contributed by atoms with E-state index in [1.807, 2.05) is 0 Å². The minimum Gasteiger partial charge on any atom is -0.381 e. The van der Waals surface area contributed by atoms with Gasteiger partial charge in [0.2, 0.25) is 0 Å². The summed E-state index contributed by atoms with van der Waals surface area (Å²) in [5.74, 6) is 0.789. The lowest BCUT2D eigenvalue weighted by molar-refractivity contribution is -0.157. The molecule has 0 bridgehead atoms. The normalized spacial score (nSPS) is 38.5. The molecule has 3 aliphatic heterocycles. The molecule has 0 saturated carbocycles. The number of ether oxygens (including phenoxy) is 2. The largest absolute Gasteiger partial charge is 0.381 e. The highest BCUT2D eigenvalue weighted by atomic mass is 16.5. The highest BCUT2D eigenvalue weighted by molar-refractivity contribution is 5.01. The van der Waals surface area contributed by atoms with Crippen molar-refractivity contribution in [2.45, 2.75) is 75.9 Å². The summed E-state index contributed by atoms with van der Waals surface area (Å²) in [6.07, 6.45) is 11.5. The topological polar surface area (TPSA) is 30.5 Å². The minimum atomic E-state index is 0.136. The zero-order valence-corrected chi connectivity index (χ0v) is 13.1. The van der Waals surface area contributed by atoms with Crippen molar-refractivity contribution < 1.29 is 9.47 Å². The first-order valence-corrected chi connectivity index (χ1v) is 8.75. The monoisotopic (exact) mass is 281 g/mol. The van der Waals surface area contributed by atoms with Crippen LogP contribution in [0, 0.1) is 5.92 Å². The summed E-state index contributed by atoms with van der Waals surface area (Å²) in [6.45, 7) is 6.32. The van der Waals surface area contributed by atoms with Crippen LogP contribution in [0.5, 0.6) is 0 Å². The number of hydrogen-bond acceptors (Lipinski definition) is 3. The van der Waals surface area contributed by atoms with E-state index in [1.165, 1.54) is 51.5 Å². The predicted octanol–water partition coefficient (Wildman–Crippen LogP) is 3.27. The van der Waals surface area contributed by atoms with Crippen molar-refractivity contribution in [2.75, 3.05) is 26.4 Å². The van der Waals surface area contributed by atoms with Gasteiger partial charge in [-0.05, 0) is 57.4 Å². The average molecular weight is 281 g/mol. The van der Waals surface area contributed by atoms with Crippen LogP contribution < -0.4 is 5.32 Å². The Morgan fingerprint density at radius 3 is 2.70 bits per heavy atom. The van der Waals surface area contributed by atoms with E-state index < -0.39 is 0 Å². The molecular weight excluding hydrogens is 250 g/mol. The van der Waals surface area contributed by atoms with Gasteiger partial charge in [-0.15, -0.1) is 0 Å². The van der Waals surface area contributed by atoms with Gasteiger partial charge in [0, 0.05) is 25.4 Å². The van der Waals surface area contributed by atoms with E-state index >= 15 is 0 Å². The molecule has 3 heterocycles. The number of rotatable bonds is 2. The Morgan fingerprint density at radius 1 is 1.05 bits per heavy atom. The molecule has 2 atom stereocenters. The van der Waals surface area contributed by atoms with Crippen molar-refractivity contribution in [3.8, 4) is 0 Å². The highest BCUT2D eigenvalue weighted by Gasteiger charge is 2.46. The van der Waals surface area contributed by atoms with E-state index in [0.717, 1.165) is 38.6 Å². The third-order valence-electron chi connectivity index (χ3n) is 6.09. The van der Waals surface area contributed by atoms with E-state index in [0.29, 0.717) is 5.54 Å². The van der Waals surface area contributed by atoms with E-state index in [4.69, 9.17) is 9.47 Å². The van der Waals surface area contributed by atoms with E-state index in [9.17, 15) is 0 Å². The molecule has 20 heavy (non-hydrogen) atoms. The SMILES string of the molecule is CCC1(C2CCOC3(CCOCC3)C2)CCCCCN1. The molecule has 3 rings (SSSR count). The summed E-state index contributed by atoms with van der Waals surface area (Å²) < 4.78 is 11.8. The molecule has 3 heteroatoms. The van der Waals surface area contributed by atoms with Gasteiger partial charge < -0.3 is 14.8 Å². The second kappa shape index (κ2) is 6.33. The fraction of sp³-hybridized carbons (Fsp3) is 1.00. The molecule has 0 amide bonds. The van der Waals surface area contributed by atoms with Crippen LogP contribution in [0.2, 0.25) is 0 Å². The molecule has 3 nitrogen and oxygen atoms in total. The van der Waals surface area contributed by atoms with Crippen molar-refractivity contribution in [1.82, 2.24) is 5.32 Å². The lowest BCUT2D eigenvalue weighted by Gasteiger charge is -2.50. The standard InChI is InChI=1S/C17H31NO2/c1-2-17(7-4-3-5-10-18-17)15-6-11-20-16(14-15)8-12-19-13-9-16/h15,18H,2-14H2,1H3. The van der Waals surface area contributed by atoms with Crippen LogP contribution in [-0.2, 0) is 9.47 Å². The van der Waals surface area contributed by atoms with Crippen LogP contribution in [0.25, 0.3) is 0 Å². The van der Waals surface area contributed by atoms with Gasteiger partial charge in [-0.2, -0.15) is 0 Å². The first-order chi connectivity index (χ1) is 9.79. The molecule has 2 unspecified atom stereocenters. The molecule has 116 valence electrons. The van der Waals surface area contributed by atoms with Gasteiger partial charge in [0.05, 0.1) is 5.60 Å². The van der Waals surface area contributed by atoms with Crippen molar-refractivity contribution in [3.63, 3.8) is 0 Å². The zero-order valence-electron chi connectivity index (χ0n) is 13.1. The van der Waals surface area contributed by atoms with E-state index in [-0.39, 0.29) is 5.60 Å². The molecular formula is C17H31NO2. The summed E-state index contributed by atoms with van der Waals surface area (Å²) in [5.41, 5.74) is 0.517. The molecule has 0 aromatic rings.